The van der Waals surface area contributed by atoms with Gasteiger partial charge in [-0.1, -0.05) is 12.1 Å². The molecule has 0 aliphatic rings. The molecule has 3 rings (SSSR count). The molecule has 1 heterocycles. The second kappa shape index (κ2) is 9.32. The van der Waals surface area contributed by atoms with Crippen molar-refractivity contribution in [1.29, 1.82) is 0 Å². The summed E-state index contributed by atoms with van der Waals surface area (Å²) in [5.41, 5.74) is 1.64. The lowest BCUT2D eigenvalue weighted by atomic mass is 10.1. The van der Waals surface area contributed by atoms with E-state index in [-0.39, 0.29) is 11.7 Å². The second-order valence-corrected chi connectivity index (χ2v) is 7.19. The second-order valence-electron chi connectivity index (χ2n) is 6.11. The van der Waals surface area contributed by atoms with Gasteiger partial charge in [0, 0.05) is 6.42 Å². The van der Waals surface area contributed by atoms with Crippen molar-refractivity contribution in [3.63, 3.8) is 0 Å². The number of thiazole rings is 1. The first-order valence-corrected chi connectivity index (χ1v) is 9.62. The first-order valence-electron chi connectivity index (χ1n) is 8.81. The Balaban J connectivity index is 1.49. The first-order chi connectivity index (χ1) is 13.5. The van der Waals surface area contributed by atoms with Gasteiger partial charge in [0.2, 0.25) is 0 Å². The number of amides is 1. The van der Waals surface area contributed by atoms with Crippen LogP contribution in [0.1, 0.15) is 25.9 Å². The van der Waals surface area contributed by atoms with Gasteiger partial charge >= 0.3 is 0 Å². The van der Waals surface area contributed by atoms with Crippen molar-refractivity contribution in [2.24, 2.45) is 0 Å². The van der Waals surface area contributed by atoms with Gasteiger partial charge in [-0.2, -0.15) is 0 Å². The van der Waals surface area contributed by atoms with Crippen LogP contribution in [0.25, 0.3) is 0 Å². The lowest BCUT2D eigenvalue weighted by molar-refractivity contribution is 0.0950. The Morgan fingerprint density at radius 1 is 1.11 bits per heavy atom. The zero-order chi connectivity index (χ0) is 19.9. The molecule has 1 amide bonds. The van der Waals surface area contributed by atoms with Crippen molar-refractivity contribution >= 4 is 17.2 Å². The highest BCUT2D eigenvalue weighted by molar-refractivity contribution is 7.13. The Morgan fingerprint density at radius 3 is 2.46 bits per heavy atom. The Kier molecular flexibility index (Phi) is 6.60. The van der Waals surface area contributed by atoms with Crippen molar-refractivity contribution in [2.45, 2.75) is 13.3 Å². The van der Waals surface area contributed by atoms with Gasteiger partial charge in [0.15, 0.2) is 0 Å². The van der Waals surface area contributed by atoms with Crippen LogP contribution in [0.3, 0.4) is 0 Å². The third-order valence-corrected chi connectivity index (χ3v) is 5.19. The molecule has 5 nitrogen and oxygen atoms in total. The van der Waals surface area contributed by atoms with Crippen LogP contribution in [0, 0.1) is 12.7 Å². The number of benzene rings is 2. The van der Waals surface area contributed by atoms with Gasteiger partial charge < -0.3 is 14.8 Å². The molecule has 0 spiro atoms. The van der Waals surface area contributed by atoms with E-state index in [0.717, 1.165) is 16.3 Å². The summed E-state index contributed by atoms with van der Waals surface area (Å²) < 4.78 is 23.7. The maximum absolute atomic E-state index is 13.0. The molecule has 0 fully saturated rings. The summed E-state index contributed by atoms with van der Waals surface area (Å²) in [5.74, 6) is 1.04. The minimum Gasteiger partial charge on any atom is -0.497 e. The fourth-order valence-corrected chi connectivity index (χ4v) is 3.62. The number of nitrogens with zero attached hydrogens (tertiary/aromatic N) is 1. The zero-order valence-corrected chi connectivity index (χ0v) is 16.5. The van der Waals surface area contributed by atoms with Crippen LogP contribution in [0.2, 0.25) is 0 Å². The molecular formula is C21H21FN2O3S. The van der Waals surface area contributed by atoms with E-state index in [1.807, 2.05) is 31.2 Å². The third kappa shape index (κ3) is 5.29. The monoisotopic (exact) mass is 400 g/mol. The molecule has 0 saturated heterocycles. The molecule has 3 aromatic rings. The summed E-state index contributed by atoms with van der Waals surface area (Å²) in [6.07, 6.45) is 0.569. The summed E-state index contributed by atoms with van der Waals surface area (Å²) in [6, 6.07) is 13.6. The van der Waals surface area contributed by atoms with Gasteiger partial charge in [0.1, 0.15) is 28.8 Å². The van der Waals surface area contributed by atoms with Gasteiger partial charge in [0.25, 0.3) is 5.91 Å². The zero-order valence-electron chi connectivity index (χ0n) is 15.7. The molecule has 0 saturated carbocycles. The van der Waals surface area contributed by atoms with Gasteiger partial charge in [-0.15, -0.1) is 11.3 Å². The number of ether oxygens (including phenoxy) is 2. The van der Waals surface area contributed by atoms with Crippen LogP contribution < -0.4 is 14.8 Å². The number of methoxy groups -OCH3 is 1. The van der Waals surface area contributed by atoms with E-state index < -0.39 is 0 Å². The Morgan fingerprint density at radius 2 is 1.79 bits per heavy atom. The highest BCUT2D eigenvalue weighted by Gasteiger charge is 2.15. The Hall–Kier alpha value is -2.93. The van der Waals surface area contributed by atoms with Gasteiger partial charge in [-0.05, 0) is 48.9 Å². The molecule has 2 aromatic carbocycles. The van der Waals surface area contributed by atoms with Crippen LogP contribution in [-0.2, 0) is 6.42 Å². The van der Waals surface area contributed by atoms with Crippen molar-refractivity contribution in [1.82, 2.24) is 10.3 Å². The van der Waals surface area contributed by atoms with Crippen LogP contribution in [0.4, 0.5) is 4.39 Å². The summed E-state index contributed by atoms with van der Waals surface area (Å²) in [5, 5.41) is 3.67. The number of rotatable bonds is 8. The maximum atomic E-state index is 13.0. The molecule has 1 N–H and O–H groups in total. The standard InChI is InChI=1S/C21H21FN2O3S/c1-14-20(28-19(24-14)13-15-3-5-16(22)6-4-15)21(25)23-11-12-27-18-9-7-17(26-2)8-10-18/h3-10H,11-13H2,1-2H3,(H,23,25). The largest absolute Gasteiger partial charge is 0.497 e. The molecule has 7 heteroatoms. The predicted octanol–water partition coefficient (Wildman–Crippen LogP) is 4.00. The number of halogens is 1. The van der Waals surface area contributed by atoms with Crippen LogP contribution >= 0.6 is 11.3 Å². The topological polar surface area (TPSA) is 60.5 Å². The Labute approximate surface area is 167 Å². The number of hydrogen-bond donors (Lipinski definition) is 1. The molecule has 28 heavy (non-hydrogen) atoms. The van der Waals surface area contributed by atoms with E-state index in [0.29, 0.717) is 35.9 Å². The van der Waals surface area contributed by atoms with Gasteiger partial charge in [-0.3, -0.25) is 4.79 Å². The molecule has 0 unspecified atom stereocenters. The van der Waals surface area contributed by atoms with E-state index in [4.69, 9.17) is 9.47 Å². The van der Waals surface area contributed by atoms with Crippen LogP contribution in [0.5, 0.6) is 11.5 Å². The van der Waals surface area contributed by atoms with E-state index >= 15 is 0 Å². The smallest absolute Gasteiger partial charge is 0.263 e. The molecule has 0 atom stereocenters. The van der Waals surface area contributed by atoms with Crippen molar-refractivity contribution in [3.8, 4) is 11.5 Å². The molecular weight excluding hydrogens is 379 g/mol. The summed E-state index contributed by atoms with van der Waals surface area (Å²) in [6.45, 7) is 2.56. The SMILES string of the molecule is COc1ccc(OCCNC(=O)c2sc(Cc3ccc(F)cc3)nc2C)cc1. The number of carbonyl (C=O) groups excluding carboxylic acids is 1. The number of hydrogen-bond acceptors (Lipinski definition) is 5. The summed E-state index contributed by atoms with van der Waals surface area (Å²) >= 11 is 1.35. The number of carbonyl (C=O) groups is 1. The fraction of sp³-hybridized carbons (Fsp3) is 0.238. The highest BCUT2D eigenvalue weighted by Crippen LogP contribution is 2.21. The van der Waals surface area contributed by atoms with E-state index in [1.165, 1.54) is 23.5 Å². The quantitative estimate of drug-likeness (QED) is 0.581. The first kappa shape index (κ1) is 19.8. The fourth-order valence-electron chi connectivity index (χ4n) is 2.60. The van der Waals surface area contributed by atoms with E-state index in [9.17, 15) is 9.18 Å². The average molecular weight is 400 g/mol. The molecule has 146 valence electrons. The minimum absolute atomic E-state index is 0.168. The summed E-state index contributed by atoms with van der Waals surface area (Å²) in [7, 11) is 1.61. The van der Waals surface area contributed by atoms with Crippen LogP contribution in [-0.4, -0.2) is 31.2 Å². The highest BCUT2D eigenvalue weighted by atomic mass is 32.1. The lowest BCUT2D eigenvalue weighted by Crippen LogP contribution is -2.27. The Bertz CT molecular complexity index is 924. The average Bonchev–Trinajstić information content (AvgIpc) is 3.07. The molecule has 1 aromatic heterocycles. The third-order valence-electron chi connectivity index (χ3n) is 4.03. The van der Waals surface area contributed by atoms with Crippen molar-refractivity contribution in [2.75, 3.05) is 20.3 Å². The summed E-state index contributed by atoms with van der Waals surface area (Å²) in [4.78, 5) is 17.5. The predicted molar refractivity (Wildman–Crippen MR) is 107 cm³/mol. The molecule has 0 radical (unpaired) electrons. The maximum Gasteiger partial charge on any atom is 0.263 e. The van der Waals surface area contributed by atoms with Crippen molar-refractivity contribution < 1.29 is 18.7 Å². The van der Waals surface area contributed by atoms with Crippen molar-refractivity contribution in [3.05, 3.63) is 75.5 Å². The van der Waals surface area contributed by atoms with E-state index in [2.05, 4.69) is 10.3 Å². The minimum atomic E-state index is -0.268. The molecule has 0 aliphatic heterocycles. The van der Waals surface area contributed by atoms with Gasteiger partial charge in [-0.25, -0.2) is 9.37 Å². The van der Waals surface area contributed by atoms with Gasteiger partial charge in [0.05, 0.1) is 24.4 Å². The lowest BCUT2D eigenvalue weighted by Gasteiger charge is -2.08. The number of aromatic nitrogens is 1. The molecule has 0 bridgehead atoms. The van der Waals surface area contributed by atoms with Crippen LogP contribution in [0.15, 0.2) is 48.5 Å². The number of aryl methyl sites for hydroxylation is 1. The normalized spacial score (nSPS) is 10.5. The van der Waals surface area contributed by atoms with E-state index in [1.54, 1.807) is 19.2 Å². The molecule has 0 aliphatic carbocycles. The number of nitrogens with one attached hydrogen (secondary N) is 1.